The quantitative estimate of drug-likeness (QED) is 0.664. The average molecular weight is 315 g/mol. The number of alkyl halides is 3. The molecular weight excluding hydrogens is 304 g/mol. The van der Waals surface area contributed by atoms with Gasteiger partial charge in [-0.1, -0.05) is 39.9 Å². The number of nitrogens with one attached hydrogen (secondary N) is 1. The van der Waals surface area contributed by atoms with E-state index in [1.807, 2.05) is 0 Å². The van der Waals surface area contributed by atoms with Crippen LogP contribution in [0.25, 0.3) is 0 Å². The van der Waals surface area contributed by atoms with Gasteiger partial charge in [-0.3, -0.25) is 0 Å². The van der Waals surface area contributed by atoms with E-state index >= 15 is 0 Å². The lowest BCUT2D eigenvalue weighted by atomic mass is 10.2. The third-order valence-corrected chi connectivity index (χ3v) is 2.82. The number of halogens is 3. The predicted octanol–water partition coefficient (Wildman–Crippen LogP) is 1.08. The smallest absolute Gasteiger partial charge is 0.329 e. The second-order valence-corrected chi connectivity index (χ2v) is 6.30. The molecule has 1 aromatic heterocycles. The minimum absolute atomic E-state index is 0.285. The Morgan fingerprint density at radius 1 is 1.56 bits per heavy atom. The fraction of sp³-hybridized carbons (Fsp3) is 0.750. The number of esters is 1. The Bertz CT molecular complexity index is 407. The van der Waals surface area contributed by atoms with E-state index in [1.54, 1.807) is 4.90 Å². The number of rotatable bonds is 3. The van der Waals surface area contributed by atoms with Crippen LogP contribution in [-0.2, 0) is 9.53 Å². The fourth-order valence-corrected chi connectivity index (χ4v) is 1.94. The van der Waals surface area contributed by atoms with Gasteiger partial charge >= 0.3 is 5.97 Å². The number of H-pyrrole nitrogens is 1. The van der Waals surface area contributed by atoms with Crippen molar-refractivity contribution < 1.29 is 9.53 Å². The SMILES string of the molecule is O=C(OCC(Cl)(Cl)Cl)[C@H]1CCCN1c1nn[nH]n1. The second-order valence-electron chi connectivity index (χ2n) is 3.79. The molecule has 10 heteroatoms. The van der Waals surface area contributed by atoms with Crippen LogP contribution < -0.4 is 4.90 Å². The summed E-state index contributed by atoms with van der Waals surface area (Å²) in [6.45, 7) is 0.375. The number of anilines is 1. The first-order valence-corrected chi connectivity index (χ1v) is 6.34. The topological polar surface area (TPSA) is 84.0 Å². The van der Waals surface area contributed by atoms with E-state index in [9.17, 15) is 4.79 Å². The maximum Gasteiger partial charge on any atom is 0.329 e. The minimum atomic E-state index is -1.61. The Hall–Kier alpha value is -0.790. The van der Waals surface area contributed by atoms with Gasteiger partial charge in [0.2, 0.25) is 3.79 Å². The van der Waals surface area contributed by atoms with E-state index in [0.717, 1.165) is 6.42 Å². The predicted molar refractivity (Wildman–Crippen MR) is 65.8 cm³/mol. The first kappa shape index (κ1) is 13.6. The highest BCUT2D eigenvalue weighted by molar-refractivity contribution is 6.67. The molecule has 0 saturated carbocycles. The summed E-state index contributed by atoms with van der Waals surface area (Å²) < 4.78 is 3.35. The number of tetrazole rings is 1. The number of hydrogen-bond donors (Lipinski definition) is 1. The molecule has 0 bridgehead atoms. The average Bonchev–Trinajstić information content (AvgIpc) is 2.94. The Morgan fingerprint density at radius 2 is 2.33 bits per heavy atom. The van der Waals surface area contributed by atoms with Crippen molar-refractivity contribution in [3.63, 3.8) is 0 Å². The Balaban J connectivity index is 1.97. The number of aromatic nitrogens is 4. The molecule has 100 valence electrons. The van der Waals surface area contributed by atoms with E-state index in [-0.39, 0.29) is 6.61 Å². The molecule has 1 atom stereocenters. The van der Waals surface area contributed by atoms with Crippen molar-refractivity contribution in [1.29, 1.82) is 0 Å². The number of nitrogens with zero attached hydrogens (tertiary/aromatic N) is 4. The van der Waals surface area contributed by atoms with Gasteiger partial charge in [-0.05, 0) is 18.1 Å². The summed E-state index contributed by atoms with van der Waals surface area (Å²) in [4.78, 5) is 13.6. The molecule has 7 nitrogen and oxygen atoms in total. The number of aromatic amines is 1. The molecule has 1 aromatic rings. The summed E-state index contributed by atoms with van der Waals surface area (Å²) in [5.41, 5.74) is 0. The van der Waals surface area contributed by atoms with Gasteiger partial charge in [0.15, 0.2) is 0 Å². The molecule has 0 aliphatic carbocycles. The number of ether oxygens (including phenoxy) is 1. The second kappa shape index (κ2) is 5.46. The molecule has 1 saturated heterocycles. The molecule has 1 fully saturated rings. The van der Waals surface area contributed by atoms with Gasteiger partial charge in [0.1, 0.15) is 12.6 Å². The third-order valence-electron chi connectivity index (χ3n) is 2.49. The summed E-state index contributed by atoms with van der Waals surface area (Å²) in [5.74, 6) is -0.0908. The first-order valence-electron chi connectivity index (χ1n) is 5.21. The first-order chi connectivity index (χ1) is 8.47. The van der Waals surface area contributed by atoms with Gasteiger partial charge < -0.3 is 9.64 Å². The van der Waals surface area contributed by atoms with E-state index in [0.29, 0.717) is 18.9 Å². The molecular formula is C8H10Cl3N5O2. The normalized spacial score (nSPS) is 20.2. The Labute approximate surface area is 118 Å². The van der Waals surface area contributed by atoms with Crippen molar-refractivity contribution in [2.24, 2.45) is 0 Å². The van der Waals surface area contributed by atoms with Crippen LogP contribution >= 0.6 is 34.8 Å². The van der Waals surface area contributed by atoms with Crippen LogP contribution in [0, 0.1) is 0 Å². The highest BCUT2D eigenvalue weighted by atomic mass is 35.6. The van der Waals surface area contributed by atoms with Crippen molar-refractivity contribution in [3.8, 4) is 0 Å². The third kappa shape index (κ3) is 3.37. The van der Waals surface area contributed by atoms with Gasteiger partial charge in [0.05, 0.1) is 0 Å². The van der Waals surface area contributed by atoms with Crippen LogP contribution in [0.2, 0.25) is 0 Å². The zero-order chi connectivity index (χ0) is 13.2. The summed E-state index contributed by atoms with van der Waals surface area (Å²) in [6.07, 6.45) is 1.48. The van der Waals surface area contributed by atoms with E-state index in [2.05, 4.69) is 20.6 Å². The zero-order valence-corrected chi connectivity index (χ0v) is 11.4. The van der Waals surface area contributed by atoms with Crippen molar-refractivity contribution in [1.82, 2.24) is 20.6 Å². The van der Waals surface area contributed by atoms with Gasteiger partial charge in [-0.2, -0.15) is 5.21 Å². The lowest BCUT2D eigenvalue weighted by molar-refractivity contribution is -0.144. The molecule has 18 heavy (non-hydrogen) atoms. The monoisotopic (exact) mass is 313 g/mol. The van der Waals surface area contributed by atoms with Crippen molar-refractivity contribution in [2.45, 2.75) is 22.7 Å². The molecule has 2 rings (SSSR count). The molecule has 1 N–H and O–H groups in total. The summed E-state index contributed by atoms with van der Waals surface area (Å²) in [7, 11) is 0. The van der Waals surface area contributed by atoms with E-state index in [1.165, 1.54) is 0 Å². The lowest BCUT2D eigenvalue weighted by Crippen LogP contribution is -2.39. The molecule has 1 aliphatic rings. The van der Waals surface area contributed by atoms with Crippen molar-refractivity contribution >= 4 is 46.7 Å². The van der Waals surface area contributed by atoms with Crippen molar-refractivity contribution in [3.05, 3.63) is 0 Å². The molecule has 1 aliphatic heterocycles. The Morgan fingerprint density at radius 3 is 2.94 bits per heavy atom. The maximum absolute atomic E-state index is 11.9. The maximum atomic E-state index is 11.9. The van der Waals surface area contributed by atoms with Gasteiger partial charge in [0.25, 0.3) is 5.95 Å². The Kier molecular flexibility index (Phi) is 4.14. The molecule has 2 heterocycles. The molecule has 0 radical (unpaired) electrons. The van der Waals surface area contributed by atoms with Crippen LogP contribution in [-0.4, -0.2) is 49.6 Å². The zero-order valence-electron chi connectivity index (χ0n) is 9.15. The van der Waals surface area contributed by atoms with Crippen LogP contribution in [0.1, 0.15) is 12.8 Å². The summed E-state index contributed by atoms with van der Waals surface area (Å²) in [6, 6.07) is -0.463. The molecule has 0 aromatic carbocycles. The lowest BCUT2D eigenvalue weighted by Gasteiger charge is -2.22. The van der Waals surface area contributed by atoms with Crippen LogP contribution in [0.3, 0.4) is 0 Å². The standard InChI is InChI=1S/C8H10Cl3N5O2/c9-8(10,11)4-18-6(17)5-2-1-3-16(5)7-12-14-15-13-7/h5H,1-4H2,(H,12,13,14,15)/t5-/m1/s1. The van der Waals surface area contributed by atoms with Crippen LogP contribution in [0.15, 0.2) is 0 Å². The minimum Gasteiger partial charge on any atom is -0.460 e. The van der Waals surface area contributed by atoms with E-state index in [4.69, 9.17) is 39.5 Å². The molecule has 0 spiro atoms. The van der Waals surface area contributed by atoms with Crippen molar-refractivity contribution in [2.75, 3.05) is 18.1 Å². The highest BCUT2D eigenvalue weighted by Gasteiger charge is 2.35. The van der Waals surface area contributed by atoms with Crippen LogP contribution in [0.4, 0.5) is 5.95 Å². The molecule has 0 amide bonds. The number of hydrogen-bond acceptors (Lipinski definition) is 6. The number of carbonyl (C=O) groups excluding carboxylic acids is 1. The summed E-state index contributed by atoms with van der Waals surface area (Å²) in [5, 5.41) is 13.5. The molecule has 0 unspecified atom stereocenters. The highest BCUT2D eigenvalue weighted by Crippen LogP contribution is 2.27. The largest absolute Gasteiger partial charge is 0.460 e. The van der Waals surface area contributed by atoms with Crippen LogP contribution in [0.5, 0.6) is 0 Å². The summed E-state index contributed by atoms with van der Waals surface area (Å²) >= 11 is 16.6. The van der Waals surface area contributed by atoms with Gasteiger partial charge in [-0.25, -0.2) is 4.79 Å². The number of carbonyl (C=O) groups is 1. The van der Waals surface area contributed by atoms with Gasteiger partial charge in [0, 0.05) is 6.54 Å². The van der Waals surface area contributed by atoms with Gasteiger partial charge in [-0.15, -0.1) is 5.10 Å². The van der Waals surface area contributed by atoms with E-state index < -0.39 is 15.8 Å². The fourth-order valence-electron chi connectivity index (χ4n) is 1.78.